The number of aromatic hydroxyl groups is 1. The molecule has 0 aliphatic heterocycles. The minimum Gasteiger partial charge on any atom is -0.504 e. The Morgan fingerprint density at radius 3 is 3.00 bits per heavy atom. The summed E-state index contributed by atoms with van der Waals surface area (Å²) in [6.45, 7) is 0. The molecule has 1 atom stereocenters. The largest absolute Gasteiger partial charge is 0.504 e. The molecule has 1 aliphatic carbocycles. The van der Waals surface area contributed by atoms with E-state index in [0.29, 0.717) is 31.4 Å². The van der Waals surface area contributed by atoms with Crippen LogP contribution in [0.25, 0.3) is 0 Å². The van der Waals surface area contributed by atoms with E-state index in [9.17, 15) is 15.2 Å². The van der Waals surface area contributed by atoms with Crippen molar-refractivity contribution in [3.8, 4) is 17.6 Å². The lowest BCUT2D eigenvalue weighted by atomic mass is 9.62. The van der Waals surface area contributed by atoms with Gasteiger partial charge in [-0.25, -0.2) is 0 Å². The molecule has 0 saturated heterocycles. The Bertz CT molecular complexity index is 519. The number of phenolic OH excluding ortho intramolecular Hbond substituents is 1. The number of ether oxygens (including phenoxy) is 1. The van der Waals surface area contributed by atoms with Crippen molar-refractivity contribution in [3.63, 3.8) is 0 Å². The van der Waals surface area contributed by atoms with Gasteiger partial charge < -0.3 is 14.6 Å². The number of aldehydes is 1. The van der Waals surface area contributed by atoms with Gasteiger partial charge in [0.1, 0.15) is 6.29 Å². The summed E-state index contributed by atoms with van der Waals surface area (Å²) in [5.41, 5.74) is 1.37. The molecule has 0 fully saturated rings. The summed E-state index contributed by atoms with van der Waals surface area (Å²) in [5, 5.41) is 19.1. The van der Waals surface area contributed by atoms with Crippen molar-refractivity contribution >= 4 is 6.29 Å². The van der Waals surface area contributed by atoms with E-state index >= 15 is 0 Å². The van der Waals surface area contributed by atoms with Crippen LogP contribution in [0.15, 0.2) is 12.1 Å². The number of fused-ring (bicyclic) bond motifs is 1. The highest BCUT2D eigenvalue weighted by Crippen LogP contribution is 2.48. The monoisotopic (exact) mass is 245 g/mol. The number of nitrogens with zero attached hydrogens (tertiary/aromatic N) is 1. The fourth-order valence-corrected chi connectivity index (χ4v) is 2.55. The van der Waals surface area contributed by atoms with E-state index in [0.717, 1.165) is 17.4 Å². The van der Waals surface area contributed by atoms with Gasteiger partial charge in [0.25, 0.3) is 0 Å². The van der Waals surface area contributed by atoms with Crippen LogP contribution in [0.3, 0.4) is 0 Å². The Hall–Kier alpha value is -2.02. The van der Waals surface area contributed by atoms with Crippen molar-refractivity contribution in [2.75, 3.05) is 7.11 Å². The molecular formula is C14H15NO3. The zero-order chi connectivity index (χ0) is 13.2. The van der Waals surface area contributed by atoms with Crippen LogP contribution in [-0.2, 0) is 16.6 Å². The van der Waals surface area contributed by atoms with Gasteiger partial charge in [-0.05, 0) is 42.5 Å². The molecule has 0 heterocycles. The highest BCUT2D eigenvalue weighted by Gasteiger charge is 2.43. The molecule has 1 unspecified atom stereocenters. The summed E-state index contributed by atoms with van der Waals surface area (Å²) < 4.78 is 5.04. The Kier molecular flexibility index (Phi) is 3.24. The van der Waals surface area contributed by atoms with Crippen LogP contribution in [0.2, 0.25) is 0 Å². The van der Waals surface area contributed by atoms with Crippen LogP contribution < -0.4 is 4.74 Å². The van der Waals surface area contributed by atoms with Gasteiger partial charge in [0, 0.05) is 6.42 Å². The zero-order valence-electron chi connectivity index (χ0n) is 10.3. The van der Waals surface area contributed by atoms with Gasteiger partial charge in [0.15, 0.2) is 11.5 Å². The van der Waals surface area contributed by atoms with Crippen LogP contribution in [-0.4, -0.2) is 18.5 Å². The molecule has 1 aromatic carbocycles. The molecule has 0 spiro atoms. The third kappa shape index (κ3) is 1.82. The van der Waals surface area contributed by atoms with Gasteiger partial charge in [-0.15, -0.1) is 0 Å². The number of benzene rings is 1. The van der Waals surface area contributed by atoms with E-state index in [1.807, 2.05) is 0 Å². The van der Waals surface area contributed by atoms with E-state index < -0.39 is 5.41 Å². The molecule has 4 nitrogen and oxygen atoms in total. The number of methoxy groups -OCH3 is 1. The smallest absolute Gasteiger partial charge is 0.160 e. The Morgan fingerprint density at radius 1 is 1.61 bits per heavy atom. The number of nitriles is 1. The summed E-state index contributed by atoms with van der Waals surface area (Å²) in [6.07, 6.45) is 3.36. The van der Waals surface area contributed by atoms with Crippen molar-refractivity contribution in [2.24, 2.45) is 0 Å². The van der Waals surface area contributed by atoms with E-state index in [1.165, 1.54) is 7.11 Å². The van der Waals surface area contributed by atoms with Gasteiger partial charge in [-0.2, -0.15) is 5.26 Å². The minimum atomic E-state index is -0.540. The number of hydrogen-bond acceptors (Lipinski definition) is 4. The first-order valence-corrected chi connectivity index (χ1v) is 5.92. The highest BCUT2D eigenvalue weighted by atomic mass is 16.5. The summed E-state index contributed by atoms with van der Waals surface area (Å²) in [6, 6.07) is 5.72. The Balaban J connectivity index is 2.26. The summed E-state index contributed by atoms with van der Waals surface area (Å²) in [7, 11) is 1.50. The zero-order valence-corrected chi connectivity index (χ0v) is 10.3. The summed E-state index contributed by atoms with van der Waals surface area (Å²) in [5.74, 6) is 0.499. The van der Waals surface area contributed by atoms with Gasteiger partial charge in [-0.3, -0.25) is 0 Å². The second-order valence-corrected chi connectivity index (χ2v) is 4.61. The Morgan fingerprint density at radius 2 is 2.39 bits per heavy atom. The maximum absolute atomic E-state index is 10.3. The SMILES string of the molecule is COc1cc2c(cc1O)C(C#N)(CCCC=O)C2. The van der Waals surface area contributed by atoms with Gasteiger partial charge in [0.05, 0.1) is 18.6 Å². The predicted molar refractivity (Wildman–Crippen MR) is 65.6 cm³/mol. The average Bonchev–Trinajstić information content (AvgIpc) is 2.37. The average molecular weight is 245 g/mol. The molecule has 4 heteroatoms. The highest BCUT2D eigenvalue weighted by molar-refractivity contribution is 5.58. The fourth-order valence-electron chi connectivity index (χ4n) is 2.55. The molecule has 1 N–H and O–H groups in total. The summed E-state index contributed by atoms with van der Waals surface area (Å²) >= 11 is 0. The molecule has 2 rings (SSSR count). The molecule has 1 aliphatic rings. The van der Waals surface area contributed by atoms with Crippen LogP contribution in [0.1, 0.15) is 30.4 Å². The van der Waals surface area contributed by atoms with E-state index in [1.54, 1.807) is 12.1 Å². The lowest BCUT2D eigenvalue weighted by Crippen LogP contribution is -2.37. The van der Waals surface area contributed by atoms with E-state index in [4.69, 9.17) is 4.74 Å². The minimum absolute atomic E-state index is 0.0611. The first-order valence-electron chi connectivity index (χ1n) is 5.92. The molecule has 0 amide bonds. The molecular weight excluding hydrogens is 230 g/mol. The molecule has 0 radical (unpaired) electrons. The lowest BCUT2D eigenvalue weighted by molar-refractivity contribution is -0.108. The van der Waals surface area contributed by atoms with Gasteiger partial charge in [0.2, 0.25) is 0 Å². The first-order chi connectivity index (χ1) is 8.66. The number of phenols is 1. The number of carbonyl (C=O) groups is 1. The third-order valence-electron chi connectivity index (χ3n) is 3.55. The molecule has 18 heavy (non-hydrogen) atoms. The van der Waals surface area contributed by atoms with E-state index in [2.05, 4.69) is 6.07 Å². The van der Waals surface area contributed by atoms with Crippen molar-refractivity contribution in [1.29, 1.82) is 5.26 Å². The number of unbranched alkanes of at least 4 members (excludes halogenated alkanes) is 1. The van der Waals surface area contributed by atoms with Crippen molar-refractivity contribution < 1.29 is 14.6 Å². The predicted octanol–water partition coefficient (Wildman–Crippen LogP) is 2.09. The summed E-state index contributed by atoms with van der Waals surface area (Å²) in [4.78, 5) is 10.3. The quantitative estimate of drug-likeness (QED) is 0.637. The second kappa shape index (κ2) is 4.69. The third-order valence-corrected chi connectivity index (χ3v) is 3.55. The number of hydrogen-bond donors (Lipinski definition) is 1. The first kappa shape index (κ1) is 12.4. The maximum Gasteiger partial charge on any atom is 0.160 e. The second-order valence-electron chi connectivity index (χ2n) is 4.61. The molecule has 94 valence electrons. The standard InChI is InChI=1S/C14H15NO3/c1-18-13-6-10-8-14(9-15,4-2-3-5-16)11(10)7-12(13)17/h5-7,17H,2-4,8H2,1H3. The fraction of sp³-hybridized carbons (Fsp3) is 0.429. The topological polar surface area (TPSA) is 70.3 Å². The number of carbonyl (C=O) groups excluding carboxylic acids is 1. The van der Waals surface area contributed by atoms with Crippen molar-refractivity contribution in [1.82, 2.24) is 0 Å². The molecule has 1 aromatic rings. The van der Waals surface area contributed by atoms with Crippen LogP contribution in [0.4, 0.5) is 0 Å². The number of rotatable bonds is 5. The Labute approximate surface area is 106 Å². The van der Waals surface area contributed by atoms with Crippen LogP contribution in [0, 0.1) is 11.3 Å². The van der Waals surface area contributed by atoms with Crippen molar-refractivity contribution in [3.05, 3.63) is 23.3 Å². The normalized spacial score (nSPS) is 20.4. The molecule has 0 saturated carbocycles. The van der Waals surface area contributed by atoms with E-state index in [-0.39, 0.29) is 5.75 Å². The molecule has 0 bridgehead atoms. The molecule has 0 aromatic heterocycles. The van der Waals surface area contributed by atoms with Crippen LogP contribution in [0.5, 0.6) is 11.5 Å². The lowest BCUT2D eigenvalue weighted by Gasteiger charge is -2.38. The van der Waals surface area contributed by atoms with Crippen molar-refractivity contribution in [2.45, 2.75) is 31.1 Å². The van der Waals surface area contributed by atoms with Crippen LogP contribution >= 0.6 is 0 Å². The van der Waals surface area contributed by atoms with Gasteiger partial charge >= 0.3 is 0 Å². The maximum atomic E-state index is 10.3. The van der Waals surface area contributed by atoms with Gasteiger partial charge in [-0.1, -0.05) is 0 Å².